The summed E-state index contributed by atoms with van der Waals surface area (Å²) in [5.41, 5.74) is 6.34. The van der Waals surface area contributed by atoms with Crippen LogP contribution in [-0.2, 0) is 11.3 Å². The van der Waals surface area contributed by atoms with E-state index in [0.717, 1.165) is 57.6 Å². The second-order valence-corrected chi connectivity index (χ2v) is 6.26. The molecular formula is C16H24N4O. The third-order valence-corrected chi connectivity index (χ3v) is 4.96. The Hall–Kier alpha value is -1.46. The highest BCUT2D eigenvalue weighted by molar-refractivity contribution is 5.85. The zero-order valence-electron chi connectivity index (χ0n) is 12.4. The van der Waals surface area contributed by atoms with Crippen molar-refractivity contribution in [3.8, 4) is 0 Å². The molecule has 0 radical (unpaired) electrons. The van der Waals surface area contributed by atoms with Gasteiger partial charge >= 0.3 is 0 Å². The molecule has 0 saturated carbocycles. The predicted molar refractivity (Wildman–Crippen MR) is 81.4 cm³/mol. The van der Waals surface area contributed by atoms with Gasteiger partial charge in [0.25, 0.3) is 0 Å². The molecule has 0 aliphatic carbocycles. The molecule has 2 aliphatic heterocycles. The fraction of sp³-hybridized carbons (Fsp3) is 0.625. The molecule has 114 valence electrons. The smallest absolute Gasteiger partial charge is 0.238 e. The first-order chi connectivity index (χ1) is 10.2. The van der Waals surface area contributed by atoms with Crippen LogP contribution < -0.4 is 11.1 Å². The van der Waals surface area contributed by atoms with Gasteiger partial charge in [-0.3, -0.25) is 14.7 Å². The standard InChI is InChI=1S/C16H24N4O/c17-15(21)16(7-2-4-9-19-16)13-6-10-20(11-13)12-14-5-1-3-8-18-14/h1,3,5,8,13,19H,2,4,6-7,9-12H2,(H2,17,21)/t13-,16?/m0/s1. The number of aromatic nitrogens is 1. The van der Waals surface area contributed by atoms with Gasteiger partial charge < -0.3 is 11.1 Å². The van der Waals surface area contributed by atoms with E-state index in [9.17, 15) is 4.79 Å². The molecule has 2 aliphatic rings. The topological polar surface area (TPSA) is 71.2 Å². The van der Waals surface area contributed by atoms with E-state index in [4.69, 9.17) is 5.73 Å². The Morgan fingerprint density at radius 1 is 1.48 bits per heavy atom. The fourth-order valence-corrected chi connectivity index (χ4v) is 3.79. The van der Waals surface area contributed by atoms with Gasteiger partial charge in [-0.25, -0.2) is 0 Å². The number of hydrogen-bond acceptors (Lipinski definition) is 4. The largest absolute Gasteiger partial charge is 0.368 e. The zero-order chi connectivity index (χ0) is 14.7. The van der Waals surface area contributed by atoms with Gasteiger partial charge in [-0.05, 0) is 56.8 Å². The molecule has 1 amide bonds. The summed E-state index contributed by atoms with van der Waals surface area (Å²) in [6, 6.07) is 6.00. The number of nitrogens with zero attached hydrogens (tertiary/aromatic N) is 2. The number of pyridine rings is 1. The normalized spacial score (nSPS) is 30.4. The van der Waals surface area contributed by atoms with E-state index in [1.165, 1.54) is 0 Å². The van der Waals surface area contributed by atoms with Gasteiger partial charge in [0, 0.05) is 19.3 Å². The number of carbonyl (C=O) groups is 1. The number of primary amides is 1. The average molecular weight is 288 g/mol. The molecule has 21 heavy (non-hydrogen) atoms. The molecule has 0 aromatic carbocycles. The first-order valence-electron chi connectivity index (χ1n) is 7.88. The Balaban J connectivity index is 1.66. The summed E-state index contributed by atoms with van der Waals surface area (Å²) in [5.74, 6) is 0.144. The van der Waals surface area contributed by atoms with Gasteiger partial charge in [-0.15, -0.1) is 0 Å². The summed E-state index contributed by atoms with van der Waals surface area (Å²) < 4.78 is 0. The number of hydrogen-bond donors (Lipinski definition) is 2. The lowest BCUT2D eigenvalue weighted by Crippen LogP contribution is -2.62. The zero-order valence-corrected chi connectivity index (χ0v) is 12.4. The molecule has 5 nitrogen and oxygen atoms in total. The quantitative estimate of drug-likeness (QED) is 0.863. The van der Waals surface area contributed by atoms with E-state index < -0.39 is 5.54 Å². The molecule has 2 fully saturated rings. The molecule has 3 rings (SSSR count). The van der Waals surface area contributed by atoms with Crippen molar-refractivity contribution in [1.29, 1.82) is 0 Å². The minimum absolute atomic E-state index is 0.174. The van der Waals surface area contributed by atoms with E-state index in [-0.39, 0.29) is 5.91 Å². The minimum Gasteiger partial charge on any atom is -0.368 e. The molecule has 3 heterocycles. The van der Waals surface area contributed by atoms with Crippen molar-refractivity contribution in [2.75, 3.05) is 19.6 Å². The van der Waals surface area contributed by atoms with Crippen molar-refractivity contribution in [2.24, 2.45) is 11.7 Å². The Kier molecular flexibility index (Phi) is 4.22. The molecule has 0 bridgehead atoms. The molecule has 3 N–H and O–H groups in total. The van der Waals surface area contributed by atoms with Gasteiger partial charge in [0.2, 0.25) is 5.91 Å². The molecule has 2 atom stereocenters. The number of rotatable bonds is 4. The van der Waals surface area contributed by atoms with Crippen molar-refractivity contribution in [2.45, 2.75) is 37.8 Å². The van der Waals surface area contributed by atoms with Crippen LogP contribution in [0.4, 0.5) is 0 Å². The molecule has 1 aromatic rings. The highest BCUT2D eigenvalue weighted by Crippen LogP contribution is 2.34. The van der Waals surface area contributed by atoms with Crippen molar-refractivity contribution in [3.05, 3.63) is 30.1 Å². The number of amides is 1. The van der Waals surface area contributed by atoms with E-state index in [1.807, 2.05) is 18.3 Å². The molecule has 2 saturated heterocycles. The van der Waals surface area contributed by atoms with E-state index in [2.05, 4.69) is 21.3 Å². The molecule has 0 spiro atoms. The maximum atomic E-state index is 12.1. The Labute approximate surface area is 125 Å². The number of nitrogens with one attached hydrogen (secondary N) is 1. The summed E-state index contributed by atoms with van der Waals surface area (Å²) >= 11 is 0. The van der Waals surface area contributed by atoms with Crippen molar-refractivity contribution < 1.29 is 4.79 Å². The Bertz CT molecular complexity index is 484. The summed E-state index contributed by atoms with van der Waals surface area (Å²) in [6.45, 7) is 3.69. The van der Waals surface area contributed by atoms with Crippen LogP contribution in [0.1, 0.15) is 31.4 Å². The summed E-state index contributed by atoms with van der Waals surface area (Å²) in [5, 5.41) is 3.44. The van der Waals surface area contributed by atoms with Crippen molar-refractivity contribution in [3.63, 3.8) is 0 Å². The highest BCUT2D eigenvalue weighted by Gasteiger charge is 2.47. The number of likely N-dealkylation sites (tertiary alicyclic amines) is 1. The molecule has 5 heteroatoms. The maximum Gasteiger partial charge on any atom is 0.238 e. The second-order valence-electron chi connectivity index (χ2n) is 6.26. The maximum absolute atomic E-state index is 12.1. The van der Waals surface area contributed by atoms with E-state index >= 15 is 0 Å². The molecular weight excluding hydrogens is 264 g/mol. The Morgan fingerprint density at radius 3 is 3.05 bits per heavy atom. The first kappa shape index (κ1) is 14.5. The SMILES string of the molecule is NC(=O)C1([C@H]2CCN(Cc3ccccn3)C2)CCCCN1. The van der Waals surface area contributed by atoms with E-state index in [1.54, 1.807) is 0 Å². The van der Waals surface area contributed by atoms with Crippen LogP contribution in [-0.4, -0.2) is 41.0 Å². The summed E-state index contributed by atoms with van der Waals surface area (Å²) in [7, 11) is 0. The molecule has 1 unspecified atom stereocenters. The van der Waals surface area contributed by atoms with Crippen LogP contribution in [0, 0.1) is 5.92 Å². The van der Waals surface area contributed by atoms with Crippen molar-refractivity contribution >= 4 is 5.91 Å². The van der Waals surface area contributed by atoms with Gasteiger partial charge in [-0.2, -0.15) is 0 Å². The number of piperidine rings is 1. The lowest BCUT2D eigenvalue weighted by molar-refractivity contribution is -0.127. The molecule has 1 aromatic heterocycles. The Morgan fingerprint density at radius 2 is 2.38 bits per heavy atom. The number of nitrogens with two attached hydrogens (primary N) is 1. The van der Waals surface area contributed by atoms with Crippen LogP contribution in [0.15, 0.2) is 24.4 Å². The second kappa shape index (κ2) is 6.12. The fourth-order valence-electron chi connectivity index (χ4n) is 3.79. The predicted octanol–water partition coefficient (Wildman–Crippen LogP) is 0.901. The summed E-state index contributed by atoms with van der Waals surface area (Å²) in [4.78, 5) is 18.8. The highest BCUT2D eigenvalue weighted by atomic mass is 16.1. The minimum atomic E-state index is -0.489. The lowest BCUT2D eigenvalue weighted by Gasteiger charge is -2.40. The number of carbonyl (C=O) groups excluding carboxylic acids is 1. The monoisotopic (exact) mass is 288 g/mol. The van der Waals surface area contributed by atoms with E-state index in [0.29, 0.717) is 5.92 Å². The van der Waals surface area contributed by atoms with Gasteiger partial charge in [0.05, 0.1) is 5.69 Å². The summed E-state index contributed by atoms with van der Waals surface area (Å²) in [6.07, 6.45) is 5.97. The van der Waals surface area contributed by atoms with Crippen LogP contribution in [0.5, 0.6) is 0 Å². The van der Waals surface area contributed by atoms with Crippen LogP contribution >= 0.6 is 0 Å². The third-order valence-electron chi connectivity index (χ3n) is 4.96. The van der Waals surface area contributed by atoms with Crippen LogP contribution in [0.3, 0.4) is 0 Å². The first-order valence-corrected chi connectivity index (χ1v) is 7.88. The van der Waals surface area contributed by atoms with Crippen molar-refractivity contribution in [1.82, 2.24) is 15.2 Å². The van der Waals surface area contributed by atoms with Gasteiger partial charge in [-0.1, -0.05) is 6.07 Å². The van der Waals surface area contributed by atoms with Crippen LogP contribution in [0.2, 0.25) is 0 Å². The third kappa shape index (κ3) is 2.94. The van der Waals surface area contributed by atoms with Gasteiger partial charge in [0.15, 0.2) is 0 Å². The van der Waals surface area contributed by atoms with Gasteiger partial charge in [0.1, 0.15) is 5.54 Å². The average Bonchev–Trinajstić information content (AvgIpc) is 2.98. The lowest BCUT2D eigenvalue weighted by atomic mass is 9.76. The van der Waals surface area contributed by atoms with Crippen LogP contribution in [0.25, 0.3) is 0 Å².